The lowest BCUT2D eigenvalue weighted by atomic mass is 9.95. The van der Waals surface area contributed by atoms with E-state index in [9.17, 15) is 13.2 Å². The van der Waals surface area contributed by atoms with Gasteiger partial charge in [0, 0.05) is 31.4 Å². The molecule has 3 aromatic rings. The van der Waals surface area contributed by atoms with Crippen LogP contribution >= 0.6 is 0 Å². The molecule has 4 rings (SSSR count). The molecule has 1 atom stereocenters. The zero-order valence-corrected chi connectivity index (χ0v) is 17.8. The predicted octanol–water partition coefficient (Wildman–Crippen LogP) is 2.78. The molecule has 0 bridgehead atoms. The van der Waals surface area contributed by atoms with Gasteiger partial charge in [0.15, 0.2) is 0 Å². The highest BCUT2D eigenvalue weighted by molar-refractivity contribution is 7.89. The zero-order valence-electron chi connectivity index (χ0n) is 17.0. The first-order valence-electron chi connectivity index (χ1n) is 10.2. The summed E-state index contributed by atoms with van der Waals surface area (Å²) in [6.07, 6.45) is 5.79. The summed E-state index contributed by atoms with van der Waals surface area (Å²) >= 11 is 0. The molecule has 160 valence electrons. The van der Waals surface area contributed by atoms with Crippen LogP contribution in [0.1, 0.15) is 30.1 Å². The van der Waals surface area contributed by atoms with E-state index in [0.717, 1.165) is 5.56 Å². The largest absolute Gasteiger partial charge is 0.343 e. The normalized spacial score (nSPS) is 16.5. The Hall–Kier alpha value is -3.10. The van der Waals surface area contributed by atoms with Gasteiger partial charge in [0.25, 0.3) is 0 Å². The van der Waals surface area contributed by atoms with Gasteiger partial charge in [-0.15, -0.1) is 0 Å². The number of benzene rings is 2. The SMILES string of the molecule is O=C(NC(c1ccccc1)c1cnccn1)C1CCN(S(=O)(=O)c2ccccc2)CC1. The number of nitrogens with one attached hydrogen (secondary N) is 1. The topological polar surface area (TPSA) is 92.3 Å². The lowest BCUT2D eigenvalue weighted by Gasteiger charge is -2.31. The van der Waals surface area contributed by atoms with Gasteiger partial charge in [-0.3, -0.25) is 14.8 Å². The Balaban J connectivity index is 1.44. The van der Waals surface area contributed by atoms with Gasteiger partial charge < -0.3 is 5.32 Å². The van der Waals surface area contributed by atoms with Gasteiger partial charge in [0.05, 0.1) is 22.8 Å². The highest BCUT2D eigenvalue weighted by atomic mass is 32.2. The Morgan fingerprint density at radius 1 is 0.968 bits per heavy atom. The van der Waals surface area contributed by atoms with E-state index in [4.69, 9.17) is 0 Å². The van der Waals surface area contributed by atoms with Crippen molar-refractivity contribution in [3.63, 3.8) is 0 Å². The highest BCUT2D eigenvalue weighted by Gasteiger charge is 2.33. The minimum Gasteiger partial charge on any atom is -0.343 e. The zero-order chi connectivity index (χ0) is 21.7. The molecular weight excluding hydrogens is 412 g/mol. The first-order chi connectivity index (χ1) is 15.1. The number of carbonyl (C=O) groups is 1. The van der Waals surface area contributed by atoms with Gasteiger partial charge in [-0.05, 0) is 30.5 Å². The van der Waals surface area contributed by atoms with Crippen molar-refractivity contribution in [3.8, 4) is 0 Å². The maximum absolute atomic E-state index is 13.1. The fourth-order valence-electron chi connectivity index (χ4n) is 3.79. The summed E-state index contributed by atoms with van der Waals surface area (Å²) in [5.41, 5.74) is 1.58. The number of hydrogen-bond donors (Lipinski definition) is 1. The minimum atomic E-state index is -3.54. The minimum absolute atomic E-state index is 0.101. The fraction of sp³-hybridized carbons (Fsp3) is 0.261. The van der Waals surface area contributed by atoms with Crippen LogP contribution < -0.4 is 5.32 Å². The second-order valence-electron chi connectivity index (χ2n) is 7.47. The van der Waals surface area contributed by atoms with Gasteiger partial charge >= 0.3 is 0 Å². The molecule has 0 radical (unpaired) electrons. The van der Waals surface area contributed by atoms with Crippen LogP contribution in [-0.4, -0.2) is 41.7 Å². The summed E-state index contributed by atoms with van der Waals surface area (Å²) in [7, 11) is -3.54. The number of rotatable bonds is 6. The predicted molar refractivity (Wildman–Crippen MR) is 116 cm³/mol. The van der Waals surface area contributed by atoms with Crippen molar-refractivity contribution in [1.82, 2.24) is 19.6 Å². The molecule has 1 saturated heterocycles. The first kappa shape index (κ1) is 21.1. The molecule has 0 saturated carbocycles. The number of nitrogens with zero attached hydrogens (tertiary/aromatic N) is 3. The average Bonchev–Trinajstić information content (AvgIpc) is 2.84. The molecule has 0 aliphatic carbocycles. The Morgan fingerprint density at radius 3 is 2.23 bits per heavy atom. The summed E-state index contributed by atoms with van der Waals surface area (Å²) < 4.78 is 27.1. The van der Waals surface area contributed by atoms with Crippen LogP contribution in [0, 0.1) is 5.92 Å². The van der Waals surface area contributed by atoms with Crippen LogP contribution in [0.4, 0.5) is 0 Å². The van der Waals surface area contributed by atoms with E-state index in [1.807, 2.05) is 30.3 Å². The third-order valence-electron chi connectivity index (χ3n) is 5.50. The monoisotopic (exact) mass is 436 g/mol. The second-order valence-corrected chi connectivity index (χ2v) is 9.41. The Morgan fingerprint density at radius 2 is 1.61 bits per heavy atom. The van der Waals surface area contributed by atoms with Crippen LogP contribution in [0.3, 0.4) is 0 Å². The van der Waals surface area contributed by atoms with Crippen LogP contribution in [0.25, 0.3) is 0 Å². The number of sulfonamides is 1. The summed E-state index contributed by atoms with van der Waals surface area (Å²) in [6, 6.07) is 17.6. The molecule has 2 aromatic carbocycles. The molecule has 1 amide bonds. The molecule has 1 aliphatic rings. The van der Waals surface area contributed by atoms with E-state index >= 15 is 0 Å². The van der Waals surface area contributed by atoms with Crippen molar-refractivity contribution >= 4 is 15.9 Å². The average molecular weight is 437 g/mol. The molecule has 0 spiro atoms. The molecule has 7 nitrogen and oxygen atoms in total. The molecular formula is C23H24N4O3S. The van der Waals surface area contributed by atoms with Gasteiger partial charge in [0.2, 0.25) is 15.9 Å². The molecule has 1 aromatic heterocycles. The molecule has 1 aliphatic heterocycles. The summed E-state index contributed by atoms with van der Waals surface area (Å²) in [5, 5.41) is 3.10. The molecule has 1 fully saturated rings. The summed E-state index contributed by atoms with van der Waals surface area (Å²) in [5.74, 6) is -0.360. The number of aromatic nitrogens is 2. The van der Waals surface area contributed by atoms with Crippen LogP contribution in [-0.2, 0) is 14.8 Å². The highest BCUT2D eigenvalue weighted by Crippen LogP contribution is 2.26. The Bertz CT molecular complexity index is 1060. The van der Waals surface area contributed by atoms with Gasteiger partial charge in [0.1, 0.15) is 0 Å². The van der Waals surface area contributed by atoms with Gasteiger partial charge in [-0.25, -0.2) is 8.42 Å². The third-order valence-corrected chi connectivity index (χ3v) is 7.42. The van der Waals surface area contributed by atoms with E-state index < -0.39 is 16.1 Å². The van der Waals surface area contributed by atoms with E-state index in [0.29, 0.717) is 31.6 Å². The maximum Gasteiger partial charge on any atom is 0.243 e. The number of carbonyl (C=O) groups excluding carboxylic acids is 1. The maximum atomic E-state index is 13.1. The van der Waals surface area contributed by atoms with Gasteiger partial charge in [-0.2, -0.15) is 4.31 Å². The smallest absolute Gasteiger partial charge is 0.243 e. The van der Waals surface area contributed by atoms with E-state index in [1.54, 1.807) is 48.9 Å². The Labute approximate surface area is 182 Å². The van der Waals surface area contributed by atoms with Crippen molar-refractivity contribution in [2.75, 3.05) is 13.1 Å². The summed E-state index contributed by atoms with van der Waals surface area (Å²) in [6.45, 7) is 0.632. The fourth-order valence-corrected chi connectivity index (χ4v) is 5.28. The van der Waals surface area contributed by atoms with Crippen molar-refractivity contribution in [1.29, 1.82) is 0 Å². The van der Waals surface area contributed by atoms with E-state index in [-0.39, 0.29) is 16.7 Å². The van der Waals surface area contributed by atoms with Crippen molar-refractivity contribution < 1.29 is 13.2 Å². The molecule has 1 unspecified atom stereocenters. The van der Waals surface area contributed by atoms with Crippen molar-refractivity contribution in [2.24, 2.45) is 5.92 Å². The standard InChI is InChI=1S/C23H24N4O3S/c28-23(26-22(18-7-3-1-4-8-18)21-17-24-13-14-25-21)19-11-15-27(16-12-19)31(29,30)20-9-5-2-6-10-20/h1-10,13-14,17,19,22H,11-12,15-16H2,(H,26,28). The summed E-state index contributed by atoms with van der Waals surface area (Å²) in [4.78, 5) is 21.8. The quantitative estimate of drug-likeness (QED) is 0.642. The number of amides is 1. The van der Waals surface area contributed by atoms with Crippen LogP contribution in [0.5, 0.6) is 0 Å². The molecule has 31 heavy (non-hydrogen) atoms. The van der Waals surface area contributed by atoms with E-state index in [1.165, 1.54) is 4.31 Å². The Kier molecular flexibility index (Phi) is 6.39. The molecule has 2 heterocycles. The van der Waals surface area contributed by atoms with Crippen molar-refractivity contribution in [2.45, 2.75) is 23.8 Å². The van der Waals surface area contributed by atoms with Crippen molar-refractivity contribution in [3.05, 3.63) is 90.5 Å². The molecule has 1 N–H and O–H groups in total. The third kappa shape index (κ3) is 4.81. The lowest BCUT2D eigenvalue weighted by molar-refractivity contribution is -0.126. The molecule has 8 heteroatoms. The van der Waals surface area contributed by atoms with Crippen LogP contribution in [0.2, 0.25) is 0 Å². The first-order valence-corrected chi connectivity index (χ1v) is 11.7. The number of piperidine rings is 1. The van der Waals surface area contributed by atoms with Crippen LogP contribution in [0.15, 0.2) is 84.1 Å². The second kappa shape index (κ2) is 9.36. The number of hydrogen-bond acceptors (Lipinski definition) is 5. The lowest BCUT2D eigenvalue weighted by Crippen LogP contribution is -2.43. The van der Waals surface area contributed by atoms with E-state index in [2.05, 4.69) is 15.3 Å². The van der Waals surface area contributed by atoms with Gasteiger partial charge in [-0.1, -0.05) is 48.5 Å².